The minimum atomic E-state index is -9.96. The van der Waals surface area contributed by atoms with Crippen molar-refractivity contribution >= 4 is 44.9 Å². The average Bonchev–Trinajstić information content (AvgIpc) is 2.82. The van der Waals surface area contributed by atoms with Crippen LogP contribution in [0.3, 0.4) is 0 Å². The number of nitrogens with one attached hydrogen (secondary N) is 2. The largest absolute Gasteiger partial charge is 0.481 e. The first-order valence-electron chi connectivity index (χ1n) is 11.8. The van der Waals surface area contributed by atoms with Crippen molar-refractivity contribution in [3.05, 3.63) is 77.6 Å². The van der Waals surface area contributed by atoms with Crippen LogP contribution in [0.25, 0.3) is 0 Å². The van der Waals surface area contributed by atoms with Gasteiger partial charge in [0.25, 0.3) is 5.91 Å². The van der Waals surface area contributed by atoms with E-state index in [1.807, 2.05) is 6.92 Å². The number of carboxylic acid groups (broad SMARTS) is 1. The van der Waals surface area contributed by atoms with Gasteiger partial charge in [-0.25, -0.2) is 0 Å². The van der Waals surface area contributed by atoms with Crippen LogP contribution in [-0.2, 0) is 22.4 Å². The van der Waals surface area contributed by atoms with Gasteiger partial charge in [-0.15, -0.1) is 0 Å². The zero-order chi connectivity index (χ0) is 28.9. The Bertz CT molecular complexity index is 1400. The molecule has 39 heavy (non-hydrogen) atoms. The molecule has 0 radical (unpaired) electrons. The number of carboxylic acids is 1. The number of hydrogen-bond acceptors (Lipinski definition) is 5. The molecule has 0 unspecified atom stereocenters. The molecule has 0 aliphatic rings. The van der Waals surface area contributed by atoms with E-state index in [9.17, 15) is 33.8 Å². The van der Waals surface area contributed by atoms with E-state index in [1.165, 1.54) is 6.07 Å². The van der Waals surface area contributed by atoms with Crippen LogP contribution in [0, 0.1) is 0 Å². The maximum absolute atomic E-state index is 13.3. The molecule has 0 bridgehead atoms. The molecule has 1 heterocycles. The summed E-state index contributed by atoms with van der Waals surface area (Å²) in [6, 6.07) is 10.1. The Morgan fingerprint density at radius 3 is 2.23 bits per heavy atom. The van der Waals surface area contributed by atoms with Crippen molar-refractivity contribution in [1.82, 2.24) is 4.98 Å². The van der Waals surface area contributed by atoms with E-state index in [2.05, 4.69) is 15.6 Å². The van der Waals surface area contributed by atoms with Gasteiger partial charge < -0.3 is 15.7 Å². The number of aliphatic carboxylic acids is 1. The zero-order valence-corrected chi connectivity index (χ0v) is 21.5. The van der Waals surface area contributed by atoms with Gasteiger partial charge in [0.1, 0.15) is 10.7 Å². The number of aryl methyl sites for hydroxylation is 1. The standard InChI is InChI=1S/C26H26F5N3O4S/c1-2-4-21(35)13-20-15-24(33-19-5-3-6-22(14-19)39(27,28,29,30)31)23(16-32-20)26(38)34-18-10-7-17(8-11-18)9-12-25(36)37/h3,5-8,10-11,14-16H,2,4,9,12-13H2,1H3,(H,32,33)(H,34,38)(H,36,37). The Morgan fingerprint density at radius 2 is 1.62 bits per heavy atom. The van der Waals surface area contributed by atoms with Gasteiger partial charge in [0.15, 0.2) is 0 Å². The Kier molecular flexibility index (Phi) is 8.06. The molecule has 0 aliphatic carbocycles. The molecule has 3 N–H and O–H groups in total. The van der Waals surface area contributed by atoms with Gasteiger partial charge >= 0.3 is 16.2 Å². The summed E-state index contributed by atoms with van der Waals surface area (Å²) < 4.78 is 66.7. The number of benzene rings is 2. The first kappa shape index (κ1) is 29.6. The maximum Gasteiger partial charge on any atom is 0.310 e. The summed E-state index contributed by atoms with van der Waals surface area (Å²) in [6.45, 7) is 1.82. The van der Waals surface area contributed by atoms with Crippen LogP contribution in [-0.4, -0.2) is 27.8 Å². The highest BCUT2D eigenvalue weighted by molar-refractivity contribution is 8.45. The number of halogens is 5. The molecule has 3 aromatic rings. The van der Waals surface area contributed by atoms with E-state index in [1.54, 1.807) is 24.3 Å². The normalized spacial score (nSPS) is 13.2. The molecular weight excluding hydrogens is 545 g/mol. The van der Waals surface area contributed by atoms with Gasteiger partial charge in [-0.1, -0.05) is 44.6 Å². The predicted octanol–water partition coefficient (Wildman–Crippen LogP) is 7.66. The molecule has 210 valence electrons. The van der Waals surface area contributed by atoms with Crippen molar-refractivity contribution in [3.8, 4) is 0 Å². The SMILES string of the molecule is CCCC(=O)Cc1cc(Nc2cccc(S(F)(F)(F)(F)F)c2)c(C(=O)Nc2ccc(CCC(=O)O)cc2)cn1. The van der Waals surface area contributed by atoms with E-state index >= 15 is 0 Å². The molecular formula is C26H26F5N3O4S. The van der Waals surface area contributed by atoms with Crippen LogP contribution in [0.2, 0.25) is 0 Å². The fraction of sp³-hybridized carbons (Fsp3) is 0.231. The number of Topliss-reactive ketones (excluding diaryl/α,β-unsaturated/α-hetero) is 1. The fourth-order valence-corrected chi connectivity index (χ4v) is 4.31. The molecule has 0 saturated heterocycles. The summed E-state index contributed by atoms with van der Waals surface area (Å²) in [5, 5.41) is 14.0. The first-order valence-corrected chi connectivity index (χ1v) is 13.7. The molecule has 0 saturated carbocycles. The lowest BCUT2D eigenvalue weighted by Gasteiger charge is -2.40. The lowest BCUT2D eigenvalue weighted by atomic mass is 10.1. The number of amides is 1. The minimum Gasteiger partial charge on any atom is -0.481 e. The van der Waals surface area contributed by atoms with Gasteiger partial charge in [0.05, 0.1) is 11.3 Å². The number of carbonyl (C=O) groups excluding carboxylic acids is 2. The summed E-state index contributed by atoms with van der Waals surface area (Å²) in [7, 11) is -9.96. The fourth-order valence-electron chi connectivity index (χ4n) is 3.62. The molecule has 0 aliphatic heterocycles. The van der Waals surface area contributed by atoms with Crippen molar-refractivity contribution in [2.24, 2.45) is 0 Å². The number of pyridine rings is 1. The summed E-state index contributed by atoms with van der Waals surface area (Å²) in [4.78, 5) is 37.9. The summed E-state index contributed by atoms with van der Waals surface area (Å²) in [6.07, 6.45) is 2.15. The topological polar surface area (TPSA) is 108 Å². The lowest BCUT2D eigenvalue weighted by Crippen LogP contribution is -2.15. The molecule has 0 spiro atoms. The van der Waals surface area contributed by atoms with Crippen LogP contribution in [0.15, 0.2) is 65.7 Å². The molecule has 2 aromatic carbocycles. The van der Waals surface area contributed by atoms with Gasteiger partial charge in [0.2, 0.25) is 0 Å². The molecule has 7 nitrogen and oxygen atoms in total. The molecule has 0 atom stereocenters. The second-order valence-corrected chi connectivity index (χ2v) is 11.3. The molecule has 3 rings (SSSR count). The molecule has 13 heteroatoms. The summed E-state index contributed by atoms with van der Waals surface area (Å²) in [5.74, 6) is -1.80. The van der Waals surface area contributed by atoms with Gasteiger partial charge in [0, 0.05) is 42.5 Å². The highest BCUT2D eigenvalue weighted by Gasteiger charge is 2.65. The third-order valence-electron chi connectivity index (χ3n) is 5.51. The van der Waals surface area contributed by atoms with E-state index in [-0.39, 0.29) is 66.2 Å². The first-order chi connectivity index (χ1) is 18.0. The third-order valence-corrected chi connectivity index (χ3v) is 6.65. The van der Waals surface area contributed by atoms with E-state index < -0.39 is 27.0 Å². The molecule has 1 amide bonds. The monoisotopic (exact) mass is 571 g/mol. The Hall–Kier alpha value is -4.00. The van der Waals surface area contributed by atoms with Gasteiger partial charge in [-0.05, 0) is 54.8 Å². The summed E-state index contributed by atoms with van der Waals surface area (Å²) in [5.41, 5.74) is 0.793. The quantitative estimate of drug-likeness (QED) is 0.193. The van der Waals surface area contributed by atoms with Crippen molar-refractivity contribution in [2.75, 3.05) is 10.6 Å². The second kappa shape index (κ2) is 10.6. The third kappa shape index (κ3) is 8.77. The summed E-state index contributed by atoms with van der Waals surface area (Å²) >= 11 is 0. The number of aromatic nitrogens is 1. The van der Waals surface area contributed by atoms with E-state index in [0.717, 1.165) is 23.9 Å². The van der Waals surface area contributed by atoms with Crippen molar-refractivity contribution in [2.45, 2.75) is 43.9 Å². The number of anilines is 3. The minimum absolute atomic E-state index is 0.0424. The smallest absolute Gasteiger partial charge is 0.310 e. The number of hydrogen-bond donors (Lipinski definition) is 3. The van der Waals surface area contributed by atoms with E-state index in [0.29, 0.717) is 12.1 Å². The van der Waals surface area contributed by atoms with Crippen LogP contribution >= 0.6 is 10.2 Å². The van der Waals surface area contributed by atoms with Gasteiger partial charge in [-0.2, -0.15) is 0 Å². The van der Waals surface area contributed by atoms with Crippen molar-refractivity contribution in [1.29, 1.82) is 0 Å². The Balaban J connectivity index is 1.92. The predicted molar refractivity (Wildman–Crippen MR) is 139 cm³/mol. The van der Waals surface area contributed by atoms with Crippen molar-refractivity contribution in [3.63, 3.8) is 0 Å². The van der Waals surface area contributed by atoms with Crippen molar-refractivity contribution < 1.29 is 38.9 Å². The number of rotatable bonds is 12. The van der Waals surface area contributed by atoms with Gasteiger partial charge in [-0.3, -0.25) is 19.4 Å². The Morgan fingerprint density at radius 1 is 0.923 bits per heavy atom. The second-order valence-electron chi connectivity index (χ2n) is 8.85. The maximum atomic E-state index is 13.3. The average molecular weight is 572 g/mol. The highest BCUT2D eigenvalue weighted by Crippen LogP contribution is 3.02. The van der Waals surface area contributed by atoms with E-state index in [4.69, 9.17) is 5.11 Å². The zero-order valence-electron chi connectivity index (χ0n) is 20.7. The Labute approximate surface area is 221 Å². The van der Waals surface area contributed by atoms with Crippen LogP contribution in [0.4, 0.5) is 36.5 Å². The number of ketones is 1. The highest BCUT2D eigenvalue weighted by atomic mass is 32.5. The molecule has 1 aromatic heterocycles. The number of carbonyl (C=O) groups is 3. The molecule has 0 fully saturated rings. The number of nitrogens with zero attached hydrogens (tertiary/aromatic N) is 1. The van der Waals surface area contributed by atoms with Crippen LogP contribution in [0.1, 0.15) is 47.8 Å². The van der Waals surface area contributed by atoms with Crippen LogP contribution in [0.5, 0.6) is 0 Å². The lowest BCUT2D eigenvalue weighted by molar-refractivity contribution is -0.137. The van der Waals surface area contributed by atoms with Crippen LogP contribution < -0.4 is 10.6 Å².